The summed E-state index contributed by atoms with van der Waals surface area (Å²) in [5.41, 5.74) is 1.95. The van der Waals surface area contributed by atoms with E-state index in [9.17, 15) is 4.79 Å². The zero-order valence-electron chi connectivity index (χ0n) is 12.1. The van der Waals surface area contributed by atoms with Crippen LogP contribution in [0.2, 0.25) is 0 Å². The molecule has 2 rings (SSSR count). The molecule has 0 radical (unpaired) electrons. The Labute approximate surface area is 128 Å². The summed E-state index contributed by atoms with van der Waals surface area (Å²) in [5, 5.41) is 8.44. The van der Waals surface area contributed by atoms with E-state index >= 15 is 0 Å². The van der Waals surface area contributed by atoms with Crippen LogP contribution in [-0.4, -0.2) is 30.8 Å². The van der Waals surface area contributed by atoms with Crippen molar-refractivity contribution in [3.63, 3.8) is 0 Å². The lowest BCUT2D eigenvalue weighted by atomic mass is 10.2. The highest BCUT2D eigenvalue weighted by molar-refractivity contribution is 7.13. The Morgan fingerprint density at radius 3 is 2.81 bits per heavy atom. The number of benzene rings is 1. The Kier molecular flexibility index (Phi) is 5.71. The van der Waals surface area contributed by atoms with Gasteiger partial charge in [-0.15, -0.1) is 11.3 Å². The zero-order valence-corrected chi connectivity index (χ0v) is 12.9. The Balaban J connectivity index is 1.82. The van der Waals surface area contributed by atoms with Crippen LogP contribution in [0.3, 0.4) is 0 Å². The molecule has 21 heavy (non-hydrogen) atoms. The van der Waals surface area contributed by atoms with E-state index in [1.807, 2.05) is 42.6 Å². The van der Waals surface area contributed by atoms with Crippen molar-refractivity contribution < 1.29 is 9.53 Å². The molecule has 0 aliphatic heterocycles. The van der Waals surface area contributed by atoms with E-state index in [0.717, 1.165) is 16.3 Å². The molecule has 2 amide bonds. The lowest BCUT2D eigenvalue weighted by Gasteiger charge is -2.11. The number of thiazole rings is 1. The molecular formula is C15H19N3O2S. The summed E-state index contributed by atoms with van der Waals surface area (Å²) >= 11 is 1.57. The Morgan fingerprint density at radius 2 is 2.10 bits per heavy atom. The van der Waals surface area contributed by atoms with Gasteiger partial charge in [-0.1, -0.05) is 30.3 Å². The second-order valence-corrected chi connectivity index (χ2v) is 5.48. The number of methoxy groups -OCH3 is 1. The van der Waals surface area contributed by atoms with Crippen LogP contribution in [0.25, 0.3) is 10.6 Å². The standard InChI is InChI=1S/C15H19N3O2S/c1-11(20-2)8-16-15(19)17-9-13-10-21-14(18-13)12-6-4-3-5-7-12/h3-7,10-11H,8-9H2,1-2H3,(H2,16,17,19)/t11-/m1/s1. The van der Waals surface area contributed by atoms with Crippen LogP contribution in [0.5, 0.6) is 0 Å². The first-order valence-electron chi connectivity index (χ1n) is 6.73. The largest absolute Gasteiger partial charge is 0.380 e. The van der Waals surface area contributed by atoms with Gasteiger partial charge in [0.25, 0.3) is 0 Å². The topological polar surface area (TPSA) is 63.2 Å². The highest BCUT2D eigenvalue weighted by Crippen LogP contribution is 2.22. The van der Waals surface area contributed by atoms with Gasteiger partial charge in [0.2, 0.25) is 0 Å². The van der Waals surface area contributed by atoms with Crippen molar-refractivity contribution in [1.82, 2.24) is 15.6 Å². The minimum atomic E-state index is -0.215. The summed E-state index contributed by atoms with van der Waals surface area (Å²) in [6.07, 6.45) is -0.000272. The van der Waals surface area contributed by atoms with Crippen LogP contribution < -0.4 is 10.6 Å². The number of nitrogens with zero attached hydrogens (tertiary/aromatic N) is 1. The van der Waals surface area contributed by atoms with Gasteiger partial charge in [-0.2, -0.15) is 0 Å². The van der Waals surface area contributed by atoms with Crippen molar-refractivity contribution in [2.24, 2.45) is 0 Å². The van der Waals surface area contributed by atoms with E-state index in [-0.39, 0.29) is 12.1 Å². The minimum absolute atomic E-state index is 0.000272. The van der Waals surface area contributed by atoms with E-state index in [1.165, 1.54) is 0 Å². The molecule has 5 nitrogen and oxygen atoms in total. The summed E-state index contributed by atoms with van der Waals surface area (Å²) in [4.78, 5) is 16.1. The monoisotopic (exact) mass is 305 g/mol. The minimum Gasteiger partial charge on any atom is -0.380 e. The molecule has 0 bridgehead atoms. The second-order valence-electron chi connectivity index (χ2n) is 4.62. The van der Waals surface area contributed by atoms with Crippen LogP contribution in [-0.2, 0) is 11.3 Å². The number of urea groups is 1. The van der Waals surface area contributed by atoms with Crippen molar-refractivity contribution in [2.45, 2.75) is 19.6 Å². The lowest BCUT2D eigenvalue weighted by Crippen LogP contribution is -2.39. The highest BCUT2D eigenvalue weighted by Gasteiger charge is 2.07. The van der Waals surface area contributed by atoms with Gasteiger partial charge in [0.05, 0.1) is 18.3 Å². The number of rotatable bonds is 6. The highest BCUT2D eigenvalue weighted by atomic mass is 32.1. The number of hydrogen-bond acceptors (Lipinski definition) is 4. The molecule has 2 aromatic rings. The van der Waals surface area contributed by atoms with Crippen LogP contribution in [0.4, 0.5) is 4.79 Å². The third kappa shape index (κ3) is 4.84. The second kappa shape index (κ2) is 7.75. The molecule has 2 N–H and O–H groups in total. The number of carbonyl (C=O) groups excluding carboxylic acids is 1. The van der Waals surface area contributed by atoms with Gasteiger partial charge >= 0.3 is 6.03 Å². The number of ether oxygens (including phenoxy) is 1. The average molecular weight is 305 g/mol. The third-order valence-electron chi connectivity index (χ3n) is 2.95. The molecule has 1 heterocycles. The van der Waals surface area contributed by atoms with Gasteiger partial charge in [0.1, 0.15) is 5.01 Å². The van der Waals surface area contributed by atoms with Gasteiger partial charge in [-0.05, 0) is 6.92 Å². The van der Waals surface area contributed by atoms with Crippen molar-refractivity contribution >= 4 is 17.4 Å². The van der Waals surface area contributed by atoms with E-state index < -0.39 is 0 Å². The summed E-state index contributed by atoms with van der Waals surface area (Å²) in [6.45, 7) is 2.79. The molecule has 0 aliphatic rings. The van der Waals surface area contributed by atoms with E-state index in [2.05, 4.69) is 15.6 Å². The number of carbonyl (C=O) groups is 1. The Hall–Kier alpha value is -1.92. The Morgan fingerprint density at radius 1 is 1.33 bits per heavy atom. The van der Waals surface area contributed by atoms with Crippen molar-refractivity contribution in [2.75, 3.05) is 13.7 Å². The van der Waals surface area contributed by atoms with Gasteiger partial charge in [-0.25, -0.2) is 9.78 Å². The lowest BCUT2D eigenvalue weighted by molar-refractivity contribution is 0.118. The van der Waals surface area contributed by atoms with E-state index in [1.54, 1.807) is 18.4 Å². The molecule has 6 heteroatoms. The van der Waals surface area contributed by atoms with Gasteiger partial charge in [-0.3, -0.25) is 0 Å². The maximum absolute atomic E-state index is 11.6. The summed E-state index contributed by atoms with van der Waals surface area (Å²) in [6, 6.07) is 9.78. The molecule has 1 aromatic carbocycles. The molecule has 1 atom stereocenters. The molecule has 0 saturated carbocycles. The van der Waals surface area contributed by atoms with Crippen molar-refractivity contribution in [3.05, 3.63) is 41.4 Å². The van der Waals surface area contributed by atoms with Crippen LogP contribution in [0.1, 0.15) is 12.6 Å². The maximum atomic E-state index is 11.6. The fourth-order valence-corrected chi connectivity index (χ4v) is 2.48. The number of hydrogen-bond donors (Lipinski definition) is 2. The molecule has 112 valence electrons. The average Bonchev–Trinajstić information content (AvgIpc) is 3.00. The van der Waals surface area contributed by atoms with Crippen molar-refractivity contribution in [3.8, 4) is 10.6 Å². The van der Waals surface area contributed by atoms with Crippen LogP contribution in [0.15, 0.2) is 35.7 Å². The number of amides is 2. The first-order valence-corrected chi connectivity index (χ1v) is 7.61. The quantitative estimate of drug-likeness (QED) is 0.862. The maximum Gasteiger partial charge on any atom is 0.315 e. The van der Waals surface area contributed by atoms with Gasteiger partial charge in [0, 0.05) is 24.6 Å². The fraction of sp³-hybridized carbons (Fsp3) is 0.333. The summed E-state index contributed by atoms with van der Waals surface area (Å²) in [5.74, 6) is 0. The smallest absolute Gasteiger partial charge is 0.315 e. The summed E-state index contributed by atoms with van der Waals surface area (Å²) < 4.78 is 5.06. The van der Waals surface area contributed by atoms with Gasteiger partial charge in [0.15, 0.2) is 0 Å². The molecule has 0 saturated heterocycles. The first kappa shape index (κ1) is 15.5. The van der Waals surface area contributed by atoms with Crippen LogP contribution >= 0.6 is 11.3 Å². The molecular weight excluding hydrogens is 286 g/mol. The zero-order chi connectivity index (χ0) is 15.1. The normalized spacial score (nSPS) is 11.9. The number of aromatic nitrogens is 1. The molecule has 0 unspecified atom stereocenters. The molecule has 0 fully saturated rings. The predicted octanol–water partition coefficient (Wildman–Crippen LogP) is 2.64. The number of nitrogens with one attached hydrogen (secondary N) is 2. The molecule has 0 aliphatic carbocycles. The van der Waals surface area contributed by atoms with E-state index in [0.29, 0.717) is 13.1 Å². The third-order valence-corrected chi connectivity index (χ3v) is 3.90. The predicted molar refractivity (Wildman–Crippen MR) is 84.3 cm³/mol. The van der Waals surface area contributed by atoms with Crippen molar-refractivity contribution in [1.29, 1.82) is 0 Å². The summed E-state index contributed by atoms with van der Waals surface area (Å²) in [7, 11) is 1.62. The SMILES string of the molecule is CO[C@H](C)CNC(=O)NCc1csc(-c2ccccc2)n1. The fourth-order valence-electron chi connectivity index (χ4n) is 1.65. The van der Waals surface area contributed by atoms with Gasteiger partial charge < -0.3 is 15.4 Å². The first-order chi connectivity index (χ1) is 10.2. The molecule has 1 aromatic heterocycles. The van der Waals surface area contributed by atoms with Crippen LogP contribution in [0, 0.1) is 0 Å². The Bertz CT molecular complexity index is 571. The van der Waals surface area contributed by atoms with E-state index in [4.69, 9.17) is 4.74 Å². The molecule has 0 spiro atoms.